The van der Waals surface area contributed by atoms with Crippen LogP contribution in [-0.4, -0.2) is 61.9 Å². The highest BCUT2D eigenvalue weighted by molar-refractivity contribution is 6.37. The molecule has 1 saturated heterocycles. The minimum atomic E-state index is -2.59. The van der Waals surface area contributed by atoms with Crippen LogP contribution in [0.2, 0.25) is 0 Å². The van der Waals surface area contributed by atoms with Gasteiger partial charge in [0.15, 0.2) is 0 Å². The second kappa shape index (κ2) is 12.1. The number of likely N-dealkylation sites (tertiary alicyclic amines) is 1. The van der Waals surface area contributed by atoms with Gasteiger partial charge in [-0.1, -0.05) is 30.3 Å². The zero-order chi connectivity index (χ0) is 29.9. The van der Waals surface area contributed by atoms with E-state index in [-0.39, 0.29) is 24.7 Å². The first-order valence-electron chi connectivity index (χ1n) is 13.7. The summed E-state index contributed by atoms with van der Waals surface area (Å²) < 4.78 is 31.6. The van der Waals surface area contributed by atoms with Crippen LogP contribution < -0.4 is 16.0 Å². The molecule has 218 valence electrons. The van der Waals surface area contributed by atoms with Gasteiger partial charge in [-0.25, -0.2) is 13.6 Å². The Morgan fingerprint density at radius 2 is 1.69 bits per heavy atom. The highest BCUT2D eigenvalue weighted by Gasteiger charge is 2.34. The highest BCUT2D eigenvalue weighted by atomic mass is 19.3. The Hall–Kier alpha value is -4.57. The van der Waals surface area contributed by atoms with Crippen molar-refractivity contribution in [2.45, 2.75) is 25.7 Å². The number of fused-ring (bicyclic) bond motifs is 1. The molecule has 0 aliphatic carbocycles. The summed E-state index contributed by atoms with van der Waals surface area (Å²) >= 11 is 0. The van der Waals surface area contributed by atoms with Gasteiger partial charge in [0, 0.05) is 55.8 Å². The van der Waals surface area contributed by atoms with Crippen LogP contribution in [0, 0.1) is 6.92 Å². The van der Waals surface area contributed by atoms with Gasteiger partial charge in [-0.2, -0.15) is 0 Å². The number of hydrogen-bond donors (Lipinski definition) is 3. The molecule has 42 heavy (non-hydrogen) atoms. The fourth-order valence-corrected chi connectivity index (χ4v) is 5.17. The topological polar surface area (TPSA) is 99.8 Å². The van der Waals surface area contributed by atoms with E-state index in [1.54, 1.807) is 43.3 Å². The van der Waals surface area contributed by atoms with Gasteiger partial charge in [0.1, 0.15) is 0 Å². The normalized spacial score (nSPS) is 17.2. The Bertz CT molecular complexity index is 1530. The summed E-state index contributed by atoms with van der Waals surface area (Å²) in [6.07, 6.45) is -0.310. The molecular weight excluding hydrogens is 542 g/mol. The number of methoxy groups -OCH3 is 1. The van der Waals surface area contributed by atoms with Gasteiger partial charge in [-0.3, -0.25) is 9.59 Å². The van der Waals surface area contributed by atoms with Gasteiger partial charge < -0.3 is 25.6 Å². The molecule has 0 aromatic heterocycles. The third kappa shape index (κ3) is 6.33. The maximum absolute atomic E-state index is 13.4. The first-order chi connectivity index (χ1) is 20.1. The van der Waals surface area contributed by atoms with Gasteiger partial charge in [-0.05, 0) is 54.4 Å². The van der Waals surface area contributed by atoms with E-state index in [1.165, 1.54) is 7.11 Å². The molecule has 2 amide bonds. The number of anilines is 2. The third-order valence-electron chi connectivity index (χ3n) is 7.54. The van der Waals surface area contributed by atoms with Crippen molar-refractivity contribution >= 4 is 40.4 Å². The number of benzene rings is 3. The molecule has 2 heterocycles. The quantitative estimate of drug-likeness (QED) is 0.254. The number of amides is 2. The number of aryl methyl sites for hydroxylation is 1. The van der Waals surface area contributed by atoms with Crippen LogP contribution in [-0.2, 0) is 9.53 Å². The van der Waals surface area contributed by atoms with Crippen molar-refractivity contribution < 1.29 is 27.9 Å². The van der Waals surface area contributed by atoms with E-state index in [4.69, 9.17) is 4.74 Å². The summed E-state index contributed by atoms with van der Waals surface area (Å²) in [5, 5.41) is 9.08. The van der Waals surface area contributed by atoms with Crippen molar-refractivity contribution in [1.82, 2.24) is 10.2 Å². The fourth-order valence-electron chi connectivity index (χ4n) is 5.17. The van der Waals surface area contributed by atoms with E-state index in [0.29, 0.717) is 71.1 Å². The number of carbonyl (C=O) groups excluding carboxylic acids is 3. The number of halogens is 2. The van der Waals surface area contributed by atoms with E-state index in [0.717, 1.165) is 5.56 Å². The standard InChI is InChI=1S/C32H32F2N4O4/c1-20-18-25-26(19-24(20)31(41)42-2)37-30(40)27(25)28(21-6-4-3-5-7-21)36-23-10-8-22(9-11-23)29(39)35-14-17-38-15-12-32(33,34)13-16-38/h3-11,18-19,36H,12-17H2,1-2H3,(H,35,39)(H,37,40)/b28-27-. The lowest BCUT2D eigenvalue weighted by Gasteiger charge is -2.31. The summed E-state index contributed by atoms with van der Waals surface area (Å²) in [6.45, 7) is 3.30. The van der Waals surface area contributed by atoms with E-state index < -0.39 is 11.9 Å². The molecule has 2 aliphatic heterocycles. The molecule has 3 N–H and O–H groups in total. The molecule has 3 aromatic carbocycles. The molecule has 10 heteroatoms. The van der Waals surface area contributed by atoms with Crippen molar-refractivity contribution in [3.8, 4) is 0 Å². The summed E-state index contributed by atoms with van der Waals surface area (Å²) in [5.74, 6) is -3.65. The second-order valence-electron chi connectivity index (χ2n) is 10.4. The van der Waals surface area contributed by atoms with Gasteiger partial charge in [0.2, 0.25) is 0 Å². The summed E-state index contributed by atoms with van der Waals surface area (Å²) in [5.41, 5.74) is 5.11. The maximum atomic E-state index is 13.4. The SMILES string of the molecule is COC(=O)c1cc2c(cc1C)/C(=C(/Nc1ccc(C(=O)NCCN3CCC(F)(F)CC3)cc1)c1ccccc1)C(=O)N2. The molecule has 5 rings (SSSR count). The van der Waals surface area contributed by atoms with E-state index in [9.17, 15) is 23.2 Å². The van der Waals surface area contributed by atoms with Crippen LogP contribution in [0.4, 0.5) is 20.2 Å². The largest absolute Gasteiger partial charge is 0.465 e. The predicted octanol–water partition coefficient (Wildman–Crippen LogP) is 5.18. The maximum Gasteiger partial charge on any atom is 0.338 e. The lowest BCUT2D eigenvalue weighted by Crippen LogP contribution is -2.43. The summed E-state index contributed by atoms with van der Waals surface area (Å²) in [7, 11) is 1.31. The van der Waals surface area contributed by atoms with Gasteiger partial charge in [0.25, 0.3) is 17.7 Å². The highest BCUT2D eigenvalue weighted by Crippen LogP contribution is 2.39. The summed E-state index contributed by atoms with van der Waals surface area (Å²) in [6, 6.07) is 19.7. The van der Waals surface area contributed by atoms with Gasteiger partial charge in [-0.15, -0.1) is 0 Å². The van der Waals surface area contributed by atoms with Crippen molar-refractivity contribution in [1.29, 1.82) is 0 Å². The molecule has 8 nitrogen and oxygen atoms in total. The number of carbonyl (C=O) groups is 3. The minimum absolute atomic E-state index is 0.155. The van der Waals surface area contributed by atoms with Crippen LogP contribution in [0.15, 0.2) is 66.7 Å². The molecule has 0 saturated carbocycles. The zero-order valence-electron chi connectivity index (χ0n) is 23.4. The second-order valence-corrected chi connectivity index (χ2v) is 10.4. The first-order valence-corrected chi connectivity index (χ1v) is 13.7. The molecule has 0 spiro atoms. The Labute approximate surface area is 242 Å². The molecule has 0 bridgehead atoms. The van der Waals surface area contributed by atoms with Crippen LogP contribution in [0.5, 0.6) is 0 Å². The smallest absolute Gasteiger partial charge is 0.338 e. The van der Waals surface area contributed by atoms with Crippen LogP contribution >= 0.6 is 0 Å². The van der Waals surface area contributed by atoms with Crippen molar-refractivity contribution in [2.75, 3.05) is 43.9 Å². The van der Waals surface area contributed by atoms with Crippen molar-refractivity contribution in [3.05, 3.63) is 94.5 Å². The molecule has 2 aliphatic rings. The van der Waals surface area contributed by atoms with Crippen LogP contribution in [0.25, 0.3) is 11.3 Å². The Morgan fingerprint density at radius 1 is 1.00 bits per heavy atom. The minimum Gasteiger partial charge on any atom is -0.465 e. The third-order valence-corrected chi connectivity index (χ3v) is 7.54. The average Bonchev–Trinajstić information content (AvgIpc) is 3.30. The number of alkyl halides is 2. The van der Waals surface area contributed by atoms with Crippen LogP contribution in [0.1, 0.15) is 50.2 Å². The lowest BCUT2D eigenvalue weighted by atomic mass is 9.96. The molecule has 0 unspecified atom stereocenters. The Kier molecular flexibility index (Phi) is 8.35. The Morgan fingerprint density at radius 3 is 2.36 bits per heavy atom. The fraction of sp³-hybridized carbons (Fsp3) is 0.281. The molecular formula is C32H32F2N4O4. The zero-order valence-corrected chi connectivity index (χ0v) is 23.4. The van der Waals surface area contributed by atoms with Gasteiger partial charge in [0.05, 0.1) is 29.6 Å². The van der Waals surface area contributed by atoms with Crippen molar-refractivity contribution in [2.24, 2.45) is 0 Å². The number of hydrogen-bond acceptors (Lipinski definition) is 6. The Balaban J connectivity index is 1.34. The number of nitrogens with one attached hydrogen (secondary N) is 3. The van der Waals surface area contributed by atoms with Gasteiger partial charge >= 0.3 is 5.97 Å². The number of ether oxygens (including phenoxy) is 1. The molecule has 3 aromatic rings. The molecule has 1 fully saturated rings. The molecule has 0 radical (unpaired) electrons. The first kappa shape index (κ1) is 28.9. The molecule has 0 atom stereocenters. The van der Waals surface area contributed by atoms with Crippen LogP contribution in [0.3, 0.4) is 0 Å². The number of piperidine rings is 1. The lowest BCUT2D eigenvalue weighted by molar-refractivity contribution is -0.110. The van der Waals surface area contributed by atoms with E-state index >= 15 is 0 Å². The monoisotopic (exact) mass is 574 g/mol. The number of nitrogens with zero attached hydrogens (tertiary/aromatic N) is 1. The number of rotatable bonds is 8. The average molecular weight is 575 g/mol. The number of esters is 1. The van der Waals surface area contributed by atoms with Crippen molar-refractivity contribution in [3.63, 3.8) is 0 Å². The predicted molar refractivity (Wildman–Crippen MR) is 157 cm³/mol. The summed E-state index contributed by atoms with van der Waals surface area (Å²) in [4.78, 5) is 40.1. The van der Waals surface area contributed by atoms with E-state index in [1.807, 2.05) is 35.2 Å². The van der Waals surface area contributed by atoms with E-state index in [2.05, 4.69) is 16.0 Å².